The molecule has 3 aliphatic rings. The van der Waals surface area contributed by atoms with Gasteiger partial charge in [0.25, 0.3) is 0 Å². The van der Waals surface area contributed by atoms with Crippen LogP contribution in [-0.2, 0) is 4.74 Å². The maximum absolute atomic E-state index is 12.3. The van der Waals surface area contributed by atoms with E-state index in [4.69, 9.17) is 16.3 Å². The number of aryl methyl sites for hydroxylation is 1. The highest BCUT2D eigenvalue weighted by molar-refractivity contribution is 6.30. The zero-order valence-corrected chi connectivity index (χ0v) is 17.3. The number of amides is 1. The largest absolute Gasteiger partial charge is 0.450 e. The number of hydrogen-bond donors (Lipinski definition) is 0. The topological polar surface area (TPSA) is 32.8 Å². The van der Waals surface area contributed by atoms with Crippen LogP contribution in [0.25, 0.3) is 0 Å². The predicted molar refractivity (Wildman–Crippen MR) is 108 cm³/mol. The van der Waals surface area contributed by atoms with Gasteiger partial charge in [0.2, 0.25) is 0 Å². The van der Waals surface area contributed by atoms with Crippen LogP contribution in [0, 0.1) is 6.92 Å². The molecule has 0 aliphatic carbocycles. The summed E-state index contributed by atoms with van der Waals surface area (Å²) in [5.41, 5.74) is 2.79. The molecule has 3 saturated heterocycles. The van der Waals surface area contributed by atoms with Crippen LogP contribution in [0.15, 0.2) is 18.2 Å². The molecule has 3 heterocycles. The van der Waals surface area contributed by atoms with Crippen molar-refractivity contribution in [2.45, 2.75) is 76.4 Å². The molecule has 1 amide bonds. The third-order valence-electron chi connectivity index (χ3n) is 6.91. The fourth-order valence-corrected chi connectivity index (χ4v) is 5.75. The number of likely N-dealkylation sites (tertiary alicyclic amines) is 1. The third-order valence-corrected chi connectivity index (χ3v) is 7.15. The molecule has 5 heteroatoms. The molecule has 0 aromatic heterocycles. The highest BCUT2D eigenvalue weighted by Crippen LogP contribution is 2.40. The van der Waals surface area contributed by atoms with Gasteiger partial charge in [0.05, 0.1) is 6.61 Å². The maximum atomic E-state index is 12.3. The van der Waals surface area contributed by atoms with E-state index in [1.807, 2.05) is 17.9 Å². The van der Waals surface area contributed by atoms with Gasteiger partial charge in [-0.05, 0) is 94.6 Å². The van der Waals surface area contributed by atoms with Crippen LogP contribution in [-0.4, -0.2) is 53.7 Å². The van der Waals surface area contributed by atoms with Crippen molar-refractivity contribution in [1.82, 2.24) is 9.80 Å². The first-order valence-corrected chi connectivity index (χ1v) is 10.9. The molecule has 4 rings (SSSR count). The van der Waals surface area contributed by atoms with Crippen molar-refractivity contribution in [3.63, 3.8) is 0 Å². The molecule has 3 aliphatic heterocycles. The predicted octanol–water partition coefficient (Wildman–Crippen LogP) is 4.98. The summed E-state index contributed by atoms with van der Waals surface area (Å²) in [5, 5.41) is 0.848. The Morgan fingerprint density at radius 3 is 2.41 bits per heavy atom. The second-order valence-electron chi connectivity index (χ2n) is 8.43. The van der Waals surface area contributed by atoms with Crippen LogP contribution in [0.3, 0.4) is 0 Å². The summed E-state index contributed by atoms with van der Waals surface area (Å²) < 4.78 is 5.29. The molecule has 4 nitrogen and oxygen atoms in total. The van der Waals surface area contributed by atoms with Crippen LogP contribution >= 0.6 is 11.6 Å². The van der Waals surface area contributed by atoms with E-state index in [1.165, 1.54) is 24.0 Å². The van der Waals surface area contributed by atoms with E-state index in [1.54, 1.807) is 0 Å². The van der Waals surface area contributed by atoms with Gasteiger partial charge in [0.1, 0.15) is 0 Å². The Morgan fingerprint density at radius 1 is 1.11 bits per heavy atom. The fourth-order valence-electron chi connectivity index (χ4n) is 5.57. The molecule has 0 radical (unpaired) electrons. The number of nitrogens with zero attached hydrogens (tertiary/aromatic N) is 2. The van der Waals surface area contributed by atoms with Crippen molar-refractivity contribution in [2.75, 3.05) is 19.7 Å². The Morgan fingerprint density at radius 2 is 1.78 bits per heavy atom. The number of fused-ring (bicyclic) bond motifs is 2. The normalized spacial score (nSPS) is 29.1. The molecule has 27 heavy (non-hydrogen) atoms. The number of rotatable bonds is 3. The minimum atomic E-state index is -0.0985. The summed E-state index contributed by atoms with van der Waals surface area (Å²) in [7, 11) is 0. The first kappa shape index (κ1) is 19.1. The molecule has 0 spiro atoms. The number of carbonyl (C=O) groups is 1. The molecule has 148 valence electrons. The van der Waals surface area contributed by atoms with Crippen molar-refractivity contribution in [3.05, 3.63) is 34.3 Å². The molecule has 2 bridgehead atoms. The average Bonchev–Trinajstić information content (AvgIpc) is 2.94. The van der Waals surface area contributed by atoms with Crippen molar-refractivity contribution in [1.29, 1.82) is 0 Å². The Kier molecular flexibility index (Phi) is 5.65. The Bertz CT molecular complexity index is 673. The Hall–Kier alpha value is -1.26. The zero-order chi connectivity index (χ0) is 19.0. The van der Waals surface area contributed by atoms with Crippen LogP contribution in [0.2, 0.25) is 5.02 Å². The third kappa shape index (κ3) is 3.84. The number of carbonyl (C=O) groups excluding carboxylic acids is 1. The average molecular weight is 391 g/mol. The summed E-state index contributed by atoms with van der Waals surface area (Å²) in [6.45, 7) is 6.86. The van der Waals surface area contributed by atoms with Gasteiger partial charge in [-0.15, -0.1) is 0 Å². The second-order valence-corrected chi connectivity index (χ2v) is 8.86. The number of ether oxygens (including phenoxy) is 1. The SMILES string of the molecule is CCOC(=O)N1[C@@H]2CC[C@@H]1CC(N1CCC(c3cc(Cl)ccc3C)CC1)C2. The summed E-state index contributed by atoms with van der Waals surface area (Å²) in [6.07, 6.45) is 6.80. The lowest BCUT2D eigenvalue weighted by Gasteiger charge is -2.45. The van der Waals surface area contributed by atoms with E-state index in [0.717, 1.165) is 43.8 Å². The molecule has 1 aromatic rings. The monoisotopic (exact) mass is 390 g/mol. The van der Waals surface area contributed by atoms with Gasteiger partial charge < -0.3 is 14.5 Å². The number of hydrogen-bond acceptors (Lipinski definition) is 3. The van der Waals surface area contributed by atoms with Crippen LogP contribution in [0.1, 0.15) is 62.5 Å². The van der Waals surface area contributed by atoms with Crippen molar-refractivity contribution in [3.8, 4) is 0 Å². The summed E-state index contributed by atoms with van der Waals surface area (Å²) in [6, 6.07) is 7.67. The summed E-state index contributed by atoms with van der Waals surface area (Å²) in [4.78, 5) is 17.0. The van der Waals surface area contributed by atoms with Gasteiger partial charge >= 0.3 is 6.09 Å². The van der Waals surface area contributed by atoms with E-state index in [2.05, 4.69) is 24.0 Å². The second kappa shape index (κ2) is 8.00. The Balaban J connectivity index is 1.36. The molecular weight excluding hydrogens is 360 g/mol. The molecule has 2 atom stereocenters. The Labute approximate surface area is 167 Å². The fraction of sp³-hybridized carbons (Fsp3) is 0.682. The first-order chi connectivity index (χ1) is 13.1. The number of halogens is 1. The lowest BCUT2D eigenvalue weighted by Crippen LogP contribution is -2.53. The first-order valence-electron chi connectivity index (χ1n) is 10.5. The molecule has 0 N–H and O–H groups in total. The number of piperidine rings is 2. The van der Waals surface area contributed by atoms with Crippen LogP contribution in [0.4, 0.5) is 4.79 Å². The lowest BCUT2D eigenvalue weighted by molar-refractivity contribution is 0.0341. The van der Waals surface area contributed by atoms with Gasteiger partial charge in [-0.3, -0.25) is 0 Å². The van der Waals surface area contributed by atoms with Gasteiger partial charge in [0.15, 0.2) is 0 Å². The molecular formula is C22H31ClN2O2. The van der Waals surface area contributed by atoms with Gasteiger partial charge in [0, 0.05) is 23.1 Å². The van der Waals surface area contributed by atoms with Crippen molar-refractivity contribution >= 4 is 17.7 Å². The quantitative estimate of drug-likeness (QED) is 0.729. The summed E-state index contributed by atoms with van der Waals surface area (Å²) >= 11 is 6.23. The van der Waals surface area contributed by atoms with Gasteiger partial charge in [-0.1, -0.05) is 17.7 Å². The molecule has 0 unspecified atom stereocenters. The van der Waals surface area contributed by atoms with Crippen molar-refractivity contribution < 1.29 is 9.53 Å². The van der Waals surface area contributed by atoms with Crippen molar-refractivity contribution in [2.24, 2.45) is 0 Å². The minimum absolute atomic E-state index is 0.0985. The zero-order valence-electron chi connectivity index (χ0n) is 16.5. The van der Waals surface area contributed by atoms with Gasteiger partial charge in [-0.25, -0.2) is 4.79 Å². The maximum Gasteiger partial charge on any atom is 0.410 e. The van der Waals surface area contributed by atoms with E-state index >= 15 is 0 Å². The van der Waals surface area contributed by atoms with Crippen LogP contribution in [0.5, 0.6) is 0 Å². The standard InChI is InChI=1S/C22H31ClN2O2/c1-3-27-22(26)25-18-6-7-19(25)14-20(13-18)24-10-8-16(9-11-24)21-12-17(23)5-4-15(21)2/h4-5,12,16,18-20H,3,6-11,13-14H2,1-2H3/t18-,19-/m1/s1. The highest BCUT2D eigenvalue weighted by Gasteiger charge is 2.45. The van der Waals surface area contributed by atoms with E-state index in [9.17, 15) is 4.79 Å². The van der Waals surface area contributed by atoms with E-state index < -0.39 is 0 Å². The number of benzene rings is 1. The minimum Gasteiger partial charge on any atom is -0.450 e. The van der Waals surface area contributed by atoms with E-state index in [0.29, 0.717) is 30.7 Å². The van der Waals surface area contributed by atoms with Gasteiger partial charge in [-0.2, -0.15) is 0 Å². The summed E-state index contributed by atoms with van der Waals surface area (Å²) in [5.74, 6) is 0.622. The molecule has 3 fully saturated rings. The molecule has 0 saturated carbocycles. The molecule has 1 aromatic carbocycles. The highest BCUT2D eigenvalue weighted by atomic mass is 35.5. The lowest BCUT2D eigenvalue weighted by atomic mass is 9.85. The van der Waals surface area contributed by atoms with E-state index in [-0.39, 0.29) is 6.09 Å². The smallest absolute Gasteiger partial charge is 0.410 e. The van der Waals surface area contributed by atoms with Crippen LogP contribution < -0.4 is 0 Å².